The van der Waals surface area contributed by atoms with Crippen LogP contribution in [0, 0.1) is 0 Å². The van der Waals surface area contributed by atoms with Crippen molar-refractivity contribution >= 4 is 8.32 Å². The number of rotatable bonds is 8. The van der Waals surface area contributed by atoms with Gasteiger partial charge in [-0.1, -0.05) is 0 Å². The molecule has 0 aromatic heterocycles. The van der Waals surface area contributed by atoms with Gasteiger partial charge in [0, 0.05) is 32.8 Å². The van der Waals surface area contributed by atoms with Gasteiger partial charge in [-0.05, 0) is 46.8 Å². The van der Waals surface area contributed by atoms with E-state index in [4.69, 9.17) is 23.4 Å². The Hall–Kier alpha value is 0.0169. The predicted octanol–water partition coefficient (Wildman–Crippen LogP) is 3.11. The highest BCUT2D eigenvalue weighted by Gasteiger charge is 2.63. The summed E-state index contributed by atoms with van der Waals surface area (Å²) in [7, 11) is -1.86. The lowest BCUT2D eigenvalue weighted by molar-refractivity contribution is -0.483. The van der Waals surface area contributed by atoms with E-state index in [1.54, 1.807) is 0 Å². The molecule has 6 heteroatoms. The summed E-state index contributed by atoms with van der Waals surface area (Å²) in [6, 6.07) is 0.953. The van der Waals surface area contributed by atoms with Crippen LogP contribution in [0.5, 0.6) is 0 Å². The zero-order valence-electron chi connectivity index (χ0n) is 13.8. The van der Waals surface area contributed by atoms with E-state index >= 15 is 0 Å². The van der Waals surface area contributed by atoms with E-state index in [-0.39, 0.29) is 0 Å². The van der Waals surface area contributed by atoms with E-state index in [0.717, 1.165) is 12.5 Å². The van der Waals surface area contributed by atoms with Crippen molar-refractivity contribution in [1.82, 2.24) is 0 Å². The van der Waals surface area contributed by atoms with Crippen LogP contribution in [0.25, 0.3) is 0 Å². The molecule has 0 N–H and O–H groups in total. The first-order valence-corrected chi connectivity index (χ1v) is 10.8. The largest absolute Gasteiger partial charge is 0.365 e. The first kappa shape index (κ1) is 18.1. The Labute approximate surface area is 124 Å². The summed E-state index contributed by atoms with van der Waals surface area (Å²) in [5.74, 6) is -2.23. The Morgan fingerprint density at radius 1 is 0.850 bits per heavy atom. The normalized spacial score (nSPS) is 23.7. The summed E-state index contributed by atoms with van der Waals surface area (Å²) in [5, 5.41) is 0. The lowest BCUT2D eigenvalue weighted by Gasteiger charge is -2.53. The molecule has 0 unspecified atom stereocenters. The van der Waals surface area contributed by atoms with Crippen molar-refractivity contribution in [3.8, 4) is 0 Å². The Morgan fingerprint density at radius 3 is 1.70 bits per heavy atom. The molecule has 0 bridgehead atoms. The molecule has 0 atom stereocenters. The number of ether oxygens (including phenoxy) is 4. The van der Waals surface area contributed by atoms with Gasteiger partial charge in [0.25, 0.3) is 5.79 Å². The third kappa shape index (κ3) is 3.61. The molecule has 1 aliphatic rings. The first-order chi connectivity index (χ1) is 9.41. The molecule has 0 spiro atoms. The summed E-state index contributed by atoms with van der Waals surface area (Å²) >= 11 is 0. The van der Waals surface area contributed by atoms with Gasteiger partial charge in [0.05, 0.1) is 0 Å². The minimum Gasteiger partial charge on any atom is -0.365 e. The fraction of sp³-hybridized carbons (Fsp3) is 1.00. The average Bonchev–Trinajstić information content (AvgIpc) is 2.35. The molecule has 5 nitrogen and oxygen atoms in total. The van der Waals surface area contributed by atoms with Gasteiger partial charge in [-0.3, -0.25) is 0 Å². The third-order valence-electron chi connectivity index (χ3n) is 3.36. The van der Waals surface area contributed by atoms with Crippen LogP contribution in [0.15, 0.2) is 0 Å². The van der Waals surface area contributed by atoms with Crippen molar-refractivity contribution < 1.29 is 23.4 Å². The zero-order valence-corrected chi connectivity index (χ0v) is 14.8. The molecule has 20 heavy (non-hydrogen) atoms. The van der Waals surface area contributed by atoms with E-state index < -0.39 is 20.1 Å². The van der Waals surface area contributed by atoms with Gasteiger partial charge in [-0.25, -0.2) is 0 Å². The van der Waals surface area contributed by atoms with Gasteiger partial charge < -0.3 is 23.4 Å². The molecule has 0 saturated carbocycles. The van der Waals surface area contributed by atoms with Crippen molar-refractivity contribution in [3.05, 3.63) is 0 Å². The maximum Gasteiger partial charge on any atom is 0.331 e. The minimum atomic E-state index is -1.86. The summed E-state index contributed by atoms with van der Waals surface area (Å²) in [6.07, 6.45) is 0.730. The van der Waals surface area contributed by atoms with Crippen LogP contribution in [0.2, 0.25) is 19.1 Å². The molecule has 120 valence electrons. The quantitative estimate of drug-likeness (QED) is 0.509. The second-order valence-corrected chi connectivity index (χ2v) is 9.63. The van der Waals surface area contributed by atoms with Gasteiger partial charge in [0.15, 0.2) is 8.32 Å². The highest BCUT2D eigenvalue weighted by Crippen LogP contribution is 2.46. The fourth-order valence-electron chi connectivity index (χ4n) is 2.64. The van der Waals surface area contributed by atoms with Crippen LogP contribution in [0.3, 0.4) is 0 Å². The summed E-state index contributed by atoms with van der Waals surface area (Å²) in [5.41, 5.74) is 0. The Bertz CT molecular complexity index is 283. The maximum absolute atomic E-state index is 6.31. The van der Waals surface area contributed by atoms with E-state index in [9.17, 15) is 0 Å². The number of hydrogen-bond donors (Lipinski definition) is 0. The molecule has 1 fully saturated rings. The van der Waals surface area contributed by atoms with Crippen molar-refractivity contribution in [3.63, 3.8) is 0 Å². The molecule has 0 aromatic carbocycles. The predicted molar refractivity (Wildman–Crippen MR) is 80.0 cm³/mol. The molecule has 0 amide bonds. The first-order valence-electron chi connectivity index (χ1n) is 7.66. The Morgan fingerprint density at radius 2 is 1.30 bits per heavy atom. The molecule has 1 aliphatic heterocycles. The SMILES string of the molecule is CCOC1(OCC)CC[Si](C)(C)OC1(OCC)OCC. The second-order valence-electron chi connectivity index (χ2n) is 5.40. The van der Waals surface area contributed by atoms with Gasteiger partial charge in [-0.2, -0.15) is 0 Å². The monoisotopic (exact) mass is 306 g/mol. The lowest BCUT2D eigenvalue weighted by atomic mass is 10.1. The molecular weight excluding hydrogens is 276 g/mol. The standard InChI is InChI=1S/C14H30O5Si/c1-7-15-13(16-8-2)11-12-20(5,6)19-14(13,17-9-3)18-10-4/h7-12H2,1-6H3. The molecule has 1 saturated heterocycles. The van der Waals surface area contributed by atoms with Crippen LogP contribution >= 0.6 is 0 Å². The van der Waals surface area contributed by atoms with Gasteiger partial charge in [0.1, 0.15) is 0 Å². The molecule has 0 aliphatic carbocycles. The van der Waals surface area contributed by atoms with Crippen LogP contribution in [0.1, 0.15) is 34.1 Å². The van der Waals surface area contributed by atoms with Crippen LogP contribution in [0.4, 0.5) is 0 Å². The van der Waals surface area contributed by atoms with Crippen molar-refractivity contribution in [2.24, 2.45) is 0 Å². The number of hydrogen-bond acceptors (Lipinski definition) is 5. The highest BCUT2D eigenvalue weighted by molar-refractivity contribution is 6.71. The summed E-state index contributed by atoms with van der Waals surface area (Å²) < 4.78 is 30.0. The Balaban J connectivity index is 3.19. The van der Waals surface area contributed by atoms with Crippen LogP contribution in [-0.2, 0) is 23.4 Å². The molecule has 1 heterocycles. The highest BCUT2D eigenvalue weighted by atomic mass is 28.4. The van der Waals surface area contributed by atoms with E-state index in [1.165, 1.54) is 0 Å². The minimum absolute atomic E-state index is 0.479. The average molecular weight is 306 g/mol. The topological polar surface area (TPSA) is 46.2 Å². The molecular formula is C14H30O5Si. The molecule has 0 radical (unpaired) electrons. The van der Waals surface area contributed by atoms with Gasteiger partial charge in [-0.15, -0.1) is 0 Å². The van der Waals surface area contributed by atoms with E-state index in [1.807, 2.05) is 27.7 Å². The maximum atomic E-state index is 6.31. The van der Waals surface area contributed by atoms with Gasteiger partial charge in [0.2, 0.25) is 0 Å². The molecule has 0 aromatic rings. The van der Waals surface area contributed by atoms with Crippen molar-refractivity contribution in [2.75, 3.05) is 26.4 Å². The van der Waals surface area contributed by atoms with Crippen molar-refractivity contribution in [2.45, 2.75) is 65.0 Å². The Kier molecular flexibility index (Phi) is 6.62. The zero-order chi connectivity index (χ0) is 15.3. The molecule has 1 rings (SSSR count). The van der Waals surface area contributed by atoms with E-state index in [2.05, 4.69) is 13.1 Å². The summed E-state index contributed by atoms with van der Waals surface area (Å²) in [6.45, 7) is 14.1. The van der Waals surface area contributed by atoms with E-state index in [0.29, 0.717) is 26.4 Å². The smallest absolute Gasteiger partial charge is 0.331 e. The van der Waals surface area contributed by atoms with Crippen LogP contribution in [-0.4, -0.2) is 46.5 Å². The van der Waals surface area contributed by atoms with Crippen LogP contribution < -0.4 is 0 Å². The second kappa shape index (κ2) is 7.33. The lowest BCUT2D eigenvalue weighted by Crippen LogP contribution is -2.69. The summed E-state index contributed by atoms with van der Waals surface area (Å²) in [4.78, 5) is 0. The third-order valence-corrected chi connectivity index (χ3v) is 5.63. The van der Waals surface area contributed by atoms with Crippen molar-refractivity contribution in [1.29, 1.82) is 0 Å². The fourth-order valence-corrected chi connectivity index (χ4v) is 4.67. The van der Waals surface area contributed by atoms with Gasteiger partial charge >= 0.3 is 5.97 Å².